The summed E-state index contributed by atoms with van der Waals surface area (Å²) in [6.07, 6.45) is 3.19. The monoisotopic (exact) mass is 245 g/mol. The molecule has 4 nitrogen and oxygen atoms in total. The Morgan fingerprint density at radius 1 is 1.39 bits per heavy atom. The molecule has 1 heterocycles. The number of nitrogens with one attached hydrogen (secondary N) is 1. The molecule has 2 rings (SSSR count). The van der Waals surface area contributed by atoms with Crippen LogP contribution < -0.4 is 10.1 Å². The van der Waals surface area contributed by atoms with Gasteiger partial charge in [-0.1, -0.05) is 6.07 Å². The lowest BCUT2D eigenvalue weighted by molar-refractivity contribution is 0.0950. The minimum atomic E-state index is -0.130. The zero-order chi connectivity index (χ0) is 13.0. The van der Waals surface area contributed by atoms with Crippen molar-refractivity contribution in [3.63, 3.8) is 0 Å². The van der Waals surface area contributed by atoms with E-state index in [1.807, 2.05) is 19.1 Å². The van der Waals surface area contributed by atoms with Crippen molar-refractivity contribution in [1.29, 1.82) is 0 Å². The van der Waals surface area contributed by atoms with Crippen LogP contribution in [-0.2, 0) is 6.54 Å². The van der Waals surface area contributed by atoms with Crippen LogP contribution in [0.3, 0.4) is 0 Å². The molecule has 0 aliphatic heterocycles. The zero-order valence-electron chi connectivity index (χ0n) is 10.4. The van der Waals surface area contributed by atoms with Crippen LogP contribution >= 0.6 is 0 Å². The number of methoxy groups -OCH3 is 1. The van der Waals surface area contributed by atoms with Gasteiger partial charge in [0, 0.05) is 17.7 Å². The number of aryl methyl sites for hydroxylation is 1. The van der Waals surface area contributed by atoms with E-state index in [0.29, 0.717) is 17.9 Å². The van der Waals surface area contributed by atoms with Gasteiger partial charge >= 0.3 is 0 Å². The Bertz CT molecular complexity index is 532. The largest absolute Gasteiger partial charge is 0.496 e. The molecule has 2 aromatic rings. The van der Waals surface area contributed by atoms with Gasteiger partial charge in [0.15, 0.2) is 0 Å². The normalized spacial score (nSPS) is 10.1. The van der Waals surface area contributed by atoms with Gasteiger partial charge in [-0.05, 0) is 30.7 Å². The maximum atomic E-state index is 11.9. The van der Waals surface area contributed by atoms with Gasteiger partial charge in [-0.25, -0.2) is 0 Å². The predicted octanol–water partition coefficient (Wildman–Crippen LogP) is 2.53. The summed E-state index contributed by atoms with van der Waals surface area (Å²) in [5.74, 6) is 0.584. The Balaban J connectivity index is 2.04. The van der Waals surface area contributed by atoms with Gasteiger partial charge in [-0.15, -0.1) is 0 Å². The molecule has 0 aliphatic carbocycles. The van der Waals surface area contributed by atoms with Crippen LogP contribution in [0, 0.1) is 6.92 Å². The smallest absolute Gasteiger partial charge is 0.251 e. The molecule has 1 aromatic carbocycles. The lowest BCUT2D eigenvalue weighted by Gasteiger charge is -2.08. The molecule has 0 atom stereocenters. The number of hydrogen-bond acceptors (Lipinski definition) is 3. The second-order valence-corrected chi connectivity index (χ2v) is 4.00. The van der Waals surface area contributed by atoms with Gasteiger partial charge in [0.05, 0.1) is 19.6 Å². The minimum Gasteiger partial charge on any atom is -0.496 e. The number of ether oxygens (including phenoxy) is 1. The summed E-state index contributed by atoms with van der Waals surface area (Å²) < 4.78 is 10.1. The second kappa shape index (κ2) is 5.40. The topological polar surface area (TPSA) is 51.5 Å². The lowest BCUT2D eigenvalue weighted by atomic mass is 10.1. The fraction of sp³-hybridized carbons (Fsp3) is 0.214. The quantitative estimate of drug-likeness (QED) is 0.900. The molecule has 0 saturated carbocycles. The molecule has 0 unspecified atom stereocenters. The molecule has 1 N–H and O–H groups in total. The molecule has 0 aliphatic rings. The fourth-order valence-electron chi connectivity index (χ4n) is 1.64. The number of carbonyl (C=O) groups excluding carboxylic acids is 1. The first-order chi connectivity index (χ1) is 8.70. The van der Waals surface area contributed by atoms with Crippen LogP contribution in [-0.4, -0.2) is 13.0 Å². The number of rotatable bonds is 4. The van der Waals surface area contributed by atoms with Crippen molar-refractivity contribution in [3.8, 4) is 5.75 Å². The molecule has 0 bridgehead atoms. The summed E-state index contributed by atoms with van der Waals surface area (Å²) in [4.78, 5) is 11.9. The molecular weight excluding hydrogens is 230 g/mol. The summed E-state index contributed by atoms with van der Waals surface area (Å²) in [5, 5.41) is 2.82. The summed E-state index contributed by atoms with van der Waals surface area (Å²) in [5.41, 5.74) is 2.52. The van der Waals surface area contributed by atoms with Crippen LogP contribution in [0.25, 0.3) is 0 Å². The van der Waals surface area contributed by atoms with E-state index in [4.69, 9.17) is 9.15 Å². The maximum Gasteiger partial charge on any atom is 0.251 e. The maximum absolute atomic E-state index is 11.9. The van der Waals surface area contributed by atoms with Gasteiger partial charge in [0.2, 0.25) is 0 Å². The van der Waals surface area contributed by atoms with Crippen LogP contribution in [0.15, 0.2) is 41.2 Å². The van der Waals surface area contributed by atoms with E-state index in [1.165, 1.54) is 0 Å². The van der Waals surface area contributed by atoms with Crippen LogP contribution in [0.1, 0.15) is 21.5 Å². The molecule has 1 amide bonds. The summed E-state index contributed by atoms with van der Waals surface area (Å²) in [7, 11) is 1.59. The van der Waals surface area contributed by atoms with Crippen LogP contribution in [0.2, 0.25) is 0 Å². The Labute approximate surface area is 106 Å². The third kappa shape index (κ3) is 2.71. The first-order valence-electron chi connectivity index (χ1n) is 5.64. The first-order valence-corrected chi connectivity index (χ1v) is 5.64. The van der Waals surface area contributed by atoms with E-state index in [9.17, 15) is 4.79 Å². The van der Waals surface area contributed by atoms with E-state index in [0.717, 1.165) is 11.1 Å². The first kappa shape index (κ1) is 12.2. The minimum absolute atomic E-state index is 0.130. The van der Waals surface area contributed by atoms with Crippen molar-refractivity contribution >= 4 is 5.91 Å². The van der Waals surface area contributed by atoms with E-state index >= 15 is 0 Å². The van der Waals surface area contributed by atoms with Crippen molar-refractivity contribution in [2.24, 2.45) is 0 Å². The van der Waals surface area contributed by atoms with Gasteiger partial charge in [-0.2, -0.15) is 0 Å². The van der Waals surface area contributed by atoms with E-state index < -0.39 is 0 Å². The summed E-state index contributed by atoms with van der Waals surface area (Å²) in [6, 6.07) is 7.20. The van der Waals surface area contributed by atoms with Crippen molar-refractivity contribution < 1.29 is 13.9 Å². The van der Waals surface area contributed by atoms with Gasteiger partial charge < -0.3 is 14.5 Å². The van der Waals surface area contributed by atoms with Crippen molar-refractivity contribution in [3.05, 3.63) is 53.5 Å². The molecule has 4 heteroatoms. The van der Waals surface area contributed by atoms with Crippen LogP contribution in [0.5, 0.6) is 5.75 Å². The molecule has 0 spiro atoms. The zero-order valence-corrected chi connectivity index (χ0v) is 10.4. The Hall–Kier alpha value is -2.23. The van der Waals surface area contributed by atoms with Crippen LogP contribution in [0.4, 0.5) is 0 Å². The van der Waals surface area contributed by atoms with Crippen molar-refractivity contribution in [2.45, 2.75) is 13.5 Å². The molecule has 0 radical (unpaired) electrons. The fourth-order valence-corrected chi connectivity index (χ4v) is 1.64. The SMILES string of the molecule is COc1cc(C(=O)NCc2ccoc2)ccc1C. The molecule has 1 aromatic heterocycles. The van der Waals surface area contributed by atoms with E-state index in [1.54, 1.807) is 31.8 Å². The number of furan rings is 1. The molecular formula is C14H15NO3. The highest BCUT2D eigenvalue weighted by molar-refractivity contribution is 5.94. The van der Waals surface area contributed by atoms with E-state index in [2.05, 4.69) is 5.32 Å². The van der Waals surface area contributed by atoms with Gasteiger partial charge in [0.25, 0.3) is 5.91 Å². The second-order valence-electron chi connectivity index (χ2n) is 4.00. The standard InChI is InChI=1S/C14H15NO3/c1-10-3-4-12(7-13(10)17-2)14(16)15-8-11-5-6-18-9-11/h3-7,9H,8H2,1-2H3,(H,15,16). The number of amides is 1. The summed E-state index contributed by atoms with van der Waals surface area (Å²) >= 11 is 0. The Morgan fingerprint density at radius 2 is 2.22 bits per heavy atom. The third-order valence-corrected chi connectivity index (χ3v) is 2.70. The van der Waals surface area contributed by atoms with Gasteiger partial charge in [0.1, 0.15) is 5.75 Å². The summed E-state index contributed by atoms with van der Waals surface area (Å²) in [6.45, 7) is 2.39. The van der Waals surface area contributed by atoms with Gasteiger partial charge in [-0.3, -0.25) is 4.79 Å². The van der Waals surface area contributed by atoms with E-state index in [-0.39, 0.29) is 5.91 Å². The Kier molecular flexibility index (Phi) is 3.67. The number of hydrogen-bond donors (Lipinski definition) is 1. The molecule has 0 saturated heterocycles. The average molecular weight is 245 g/mol. The predicted molar refractivity (Wildman–Crippen MR) is 67.6 cm³/mol. The lowest BCUT2D eigenvalue weighted by Crippen LogP contribution is -2.22. The average Bonchev–Trinajstić information content (AvgIpc) is 2.89. The highest BCUT2D eigenvalue weighted by Gasteiger charge is 2.08. The third-order valence-electron chi connectivity index (χ3n) is 2.70. The van der Waals surface area contributed by atoms with Crippen molar-refractivity contribution in [1.82, 2.24) is 5.32 Å². The Morgan fingerprint density at radius 3 is 2.89 bits per heavy atom. The highest BCUT2D eigenvalue weighted by atomic mass is 16.5. The molecule has 94 valence electrons. The molecule has 18 heavy (non-hydrogen) atoms. The molecule has 0 fully saturated rings. The van der Waals surface area contributed by atoms with Crippen molar-refractivity contribution in [2.75, 3.05) is 7.11 Å². The number of benzene rings is 1. The highest BCUT2D eigenvalue weighted by Crippen LogP contribution is 2.18. The number of carbonyl (C=O) groups is 1.